The van der Waals surface area contributed by atoms with Gasteiger partial charge in [0.15, 0.2) is 0 Å². The normalized spacial score (nSPS) is 8.71. The van der Waals surface area contributed by atoms with Crippen molar-refractivity contribution in [1.82, 2.24) is 4.98 Å². The van der Waals surface area contributed by atoms with Gasteiger partial charge in [0.25, 0.3) is 0 Å². The van der Waals surface area contributed by atoms with E-state index >= 15 is 0 Å². The van der Waals surface area contributed by atoms with Crippen molar-refractivity contribution in [2.45, 2.75) is 0 Å². The summed E-state index contributed by atoms with van der Waals surface area (Å²) in [6.07, 6.45) is 1.61. The molecule has 37 valence electrons. The predicted molar refractivity (Wildman–Crippen MR) is 24.4 cm³/mol. The van der Waals surface area contributed by atoms with E-state index in [1.807, 2.05) is 0 Å². The number of nitrogens with two attached hydrogens (primary N) is 1. The summed E-state index contributed by atoms with van der Waals surface area (Å²) in [4.78, 5) is 6.95. The Morgan fingerprint density at radius 2 is 2.71 bits per heavy atom. The first kappa shape index (κ1) is 4.21. The van der Waals surface area contributed by atoms with E-state index in [0.29, 0.717) is 5.88 Å². The van der Waals surface area contributed by atoms with Crippen molar-refractivity contribution in [3.63, 3.8) is 0 Å². The highest BCUT2D eigenvalue weighted by Crippen LogP contribution is 1.98. The Kier molecular flexibility index (Phi) is 0.997. The Bertz CT molecular complexity index is 124. The number of H-pyrrole nitrogens is 1. The molecule has 0 bridgehead atoms. The van der Waals surface area contributed by atoms with Crippen LogP contribution in [0.4, 0.5) is 0 Å². The number of hydrogen-bond acceptors (Lipinski definition) is 2. The number of aromatic nitrogens is 1. The Morgan fingerprint density at radius 1 is 1.86 bits per heavy atom. The first-order valence-electron chi connectivity index (χ1n) is 1.84. The Balaban J connectivity index is 2.76. The number of aromatic amines is 1. The third-order valence-corrected chi connectivity index (χ3v) is 0.639. The highest BCUT2D eigenvalue weighted by molar-refractivity contribution is 5.07. The molecule has 0 aliphatic heterocycles. The zero-order chi connectivity index (χ0) is 5.11. The standard InChI is InChI=1S/C4H5N2O/c5-7-4-2-1-3-6-4/h2-3,6H,5H2. The predicted octanol–water partition coefficient (Wildman–Crippen LogP) is 0.0674. The van der Waals surface area contributed by atoms with Gasteiger partial charge in [-0.05, 0) is 0 Å². The fourth-order valence-corrected chi connectivity index (χ4v) is 0.340. The molecule has 1 rings (SSSR count). The quantitative estimate of drug-likeness (QED) is 0.487. The monoisotopic (exact) mass is 97.0 g/mol. The molecule has 7 heavy (non-hydrogen) atoms. The average molecular weight is 97.1 g/mol. The molecular weight excluding hydrogens is 92.1 g/mol. The Labute approximate surface area is 41.0 Å². The average Bonchev–Trinajstić information content (AvgIpc) is 2.14. The lowest BCUT2D eigenvalue weighted by molar-refractivity contribution is 0.323. The maximum Gasteiger partial charge on any atom is 0.216 e. The third kappa shape index (κ3) is 0.721. The van der Waals surface area contributed by atoms with E-state index in [1.165, 1.54) is 0 Å². The van der Waals surface area contributed by atoms with Crippen molar-refractivity contribution in [3.8, 4) is 5.88 Å². The maximum absolute atomic E-state index is 4.74. The van der Waals surface area contributed by atoms with Gasteiger partial charge < -0.3 is 9.82 Å². The van der Waals surface area contributed by atoms with Crippen LogP contribution in [0.5, 0.6) is 5.88 Å². The van der Waals surface area contributed by atoms with Crippen LogP contribution in [0.1, 0.15) is 0 Å². The van der Waals surface area contributed by atoms with Crippen LogP contribution in [0.3, 0.4) is 0 Å². The molecule has 0 aliphatic rings. The fraction of sp³-hybridized carbons (Fsp3) is 0. The summed E-state index contributed by atoms with van der Waals surface area (Å²) in [6.45, 7) is 0. The topological polar surface area (TPSA) is 51.0 Å². The summed E-state index contributed by atoms with van der Waals surface area (Å²) in [7, 11) is 0. The molecule has 1 aromatic heterocycles. The van der Waals surface area contributed by atoms with Crippen LogP contribution in [-0.4, -0.2) is 4.98 Å². The van der Waals surface area contributed by atoms with Gasteiger partial charge in [-0.2, -0.15) is 5.90 Å². The molecule has 3 N–H and O–H groups in total. The number of nitrogens with one attached hydrogen (secondary N) is 1. The minimum absolute atomic E-state index is 0.528. The van der Waals surface area contributed by atoms with Gasteiger partial charge >= 0.3 is 0 Å². The van der Waals surface area contributed by atoms with Gasteiger partial charge in [-0.1, -0.05) is 0 Å². The second-order valence-electron chi connectivity index (χ2n) is 1.08. The summed E-state index contributed by atoms with van der Waals surface area (Å²) in [5.41, 5.74) is 0. The molecular formula is C4H5N2O. The van der Waals surface area contributed by atoms with Gasteiger partial charge in [0.1, 0.15) is 0 Å². The second-order valence-corrected chi connectivity index (χ2v) is 1.08. The number of hydrogen-bond donors (Lipinski definition) is 2. The lowest BCUT2D eigenvalue weighted by atomic mass is 10.7. The smallest absolute Gasteiger partial charge is 0.216 e. The number of rotatable bonds is 1. The van der Waals surface area contributed by atoms with Crippen LogP contribution in [0.25, 0.3) is 0 Å². The highest BCUT2D eigenvalue weighted by atomic mass is 16.6. The molecule has 0 unspecified atom stereocenters. The molecule has 0 saturated heterocycles. The molecule has 0 atom stereocenters. The largest absolute Gasteiger partial charge is 0.393 e. The first-order valence-corrected chi connectivity index (χ1v) is 1.84. The van der Waals surface area contributed by atoms with E-state index in [-0.39, 0.29) is 0 Å². The lowest BCUT2D eigenvalue weighted by Gasteiger charge is -1.86. The van der Waals surface area contributed by atoms with E-state index < -0.39 is 0 Å². The molecule has 3 nitrogen and oxygen atoms in total. The Hall–Kier alpha value is -0.960. The van der Waals surface area contributed by atoms with Crippen LogP contribution in [0, 0.1) is 6.07 Å². The van der Waals surface area contributed by atoms with Crippen LogP contribution >= 0.6 is 0 Å². The molecule has 1 heterocycles. The van der Waals surface area contributed by atoms with Gasteiger partial charge in [-0.25, -0.2) is 0 Å². The molecule has 0 fully saturated rings. The van der Waals surface area contributed by atoms with Crippen molar-refractivity contribution in [3.05, 3.63) is 18.3 Å². The minimum Gasteiger partial charge on any atom is -0.393 e. The second kappa shape index (κ2) is 1.66. The van der Waals surface area contributed by atoms with E-state index in [1.54, 1.807) is 12.3 Å². The van der Waals surface area contributed by atoms with Crippen molar-refractivity contribution >= 4 is 0 Å². The summed E-state index contributed by atoms with van der Waals surface area (Å²) in [5.74, 6) is 5.27. The van der Waals surface area contributed by atoms with E-state index in [4.69, 9.17) is 5.90 Å². The van der Waals surface area contributed by atoms with Crippen molar-refractivity contribution in [1.29, 1.82) is 0 Å². The fourth-order valence-electron chi connectivity index (χ4n) is 0.340. The van der Waals surface area contributed by atoms with E-state index in [9.17, 15) is 0 Å². The van der Waals surface area contributed by atoms with E-state index in [2.05, 4.69) is 15.9 Å². The van der Waals surface area contributed by atoms with Gasteiger partial charge in [-0.15, -0.1) is 0 Å². The lowest BCUT2D eigenvalue weighted by Crippen LogP contribution is -2.01. The summed E-state index contributed by atoms with van der Waals surface area (Å²) >= 11 is 0. The minimum atomic E-state index is 0.528. The van der Waals surface area contributed by atoms with Gasteiger partial charge in [-0.3, -0.25) is 0 Å². The van der Waals surface area contributed by atoms with Gasteiger partial charge in [0.05, 0.1) is 0 Å². The third-order valence-electron chi connectivity index (χ3n) is 0.639. The van der Waals surface area contributed by atoms with Crippen LogP contribution in [0.2, 0.25) is 0 Å². The molecule has 0 aliphatic carbocycles. The van der Waals surface area contributed by atoms with E-state index in [0.717, 1.165) is 0 Å². The SMILES string of the molecule is NOc1c[c]c[nH]1. The van der Waals surface area contributed by atoms with Crippen molar-refractivity contribution in [2.75, 3.05) is 0 Å². The van der Waals surface area contributed by atoms with Crippen molar-refractivity contribution < 1.29 is 4.84 Å². The highest BCUT2D eigenvalue weighted by Gasteiger charge is 1.83. The summed E-state index contributed by atoms with van der Waals surface area (Å²) in [6, 6.07) is 4.33. The summed E-state index contributed by atoms with van der Waals surface area (Å²) < 4.78 is 0. The maximum atomic E-state index is 4.74. The summed E-state index contributed by atoms with van der Waals surface area (Å²) in [5, 5.41) is 0. The van der Waals surface area contributed by atoms with Crippen LogP contribution in [0.15, 0.2) is 12.3 Å². The van der Waals surface area contributed by atoms with Crippen LogP contribution < -0.4 is 10.7 Å². The molecule has 0 saturated carbocycles. The molecule has 1 radical (unpaired) electrons. The van der Waals surface area contributed by atoms with Crippen LogP contribution in [-0.2, 0) is 0 Å². The van der Waals surface area contributed by atoms with Gasteiger partial charge in [0.2, 0.25) is 5.88 Å². The van der Waals surface area contributed by atoms with Gasteiger partial charge in [0, 0.05) is 18.3 Å². The zero-order valence-corrected chi connectivity index (χ0v) is 3.64. The first-order chi connectivity index (χ1) is 3.43. The molecule has 0 spiro atoms. The molecule has 0 aromatic carbocycles. The Morgan fingerprint density at radius 3 is 3.00 bits per heavy atom. The van der Waals surface area contributed by atoms with Crippen molar-refractivity contribution in [2.24, 2.45) is 5.90 Å². The zero-order valence-electron chi connectivity index (χ0n) is 3.64. The molecule has 0 amide bonds. The molecule has 1 aromatic rings. The molecule has 3 heteroatoms.